The lowest BCUT2D eigenvalue weighted by atomic mass is 10.1. The first-order valence-electron chi connectivity index (χ1n) is 4.50. The Morgan fingerprint density at radius 3 is 2.73 bits per heavy atom. The fourth-order valence-electron chi connectivity index (χ4n) is 1.53. The van der Waals surface area contributed by atoms with E-state index in [4.69, 9.17) is 5.11 Å². The third-order valence-corrected chi connectivity index (χ3v) is 2.50. The van der Waals surface area contributed by atoms with Crippen LogP contribution < -0.4 is 0 Å². The second kappa shape index (κ2) is 3.27. The maximum atomic E-state index is 10.9. The molecule has 2 aromatic heterocycles. The number of carbonyl (C=O) groups is 1. The maximum absolute atomic E-state index is 10.9. The molecule has 2 heterocycles. The summed E-state index contributed by atoms with van der Waals surface area (Å²) in [4.78, 5) is 13.7. The van der Waals surface area contributed by atoms with Crippen molar-refractivity contribution in [2.75, 3.05) is 0 Å². The van der Waals surface area contributed by atoms with Crippen molar-refractivity contribution in [3.8, 4) is 11.1 Å². The standard InChI is InChI=1S/C10H11N3O2/c1-6-7(5-12-13(6)2)8-3-11-4-9(8)10(14)15/h3-5,11H,1-2H3,(H,14,15). The maximum Gasteiger partial charge on any atom is 0.337 e. The molecule has 0 aliphatic heterocycles. The Morgan fingerprint density at radius 1 is 1.47 bits per heavy atom. The zero-order valence-corrected chi connectivity index (χ0v) is 8.48. The number of hydrogen-bond donors (Lipinski definition) is 2. The number of H-pyrrole nitrogens is 1. The minimum absolute atomic E-state index is 0.270. The summed E-state index contributed by atoms with van der Waals surface area (Å²) in [5.41, 5.74) is 2.73. The smallest absolute Gasteiger partial charge is 0.337 e. The van der Waals surface area contributed by atoms with Gasteiger partial charge in [0.1, 0.15) is 0 Å². The lowest BCUT2D eigenvalue weighted by Crippen LogP contribution is -1.97. The second-order valence-electron chi connectivity index (χ2n) is 3.36. The predicted octanol–water partition coefficient (Wildman–Crippen LogP) is 1.42. The zero-order chi connectivity index (χ0) is 11.0. The molecule has 0 aromatic carbocycles. The van der Waals surface area contributed by atoms with Crippen molar-refractivity contribution in [2.24, 2.45) is 7.05 Å². The molecule has 0 amide bonds. The van der Waals surface area contributed by atoms with Crippen molar-refractivity contribution in [2.45, 2.75) is 6.92 Å². The molecule has 0 spiro atoms. The van der Waals surface area contributed by atoms with Crippen molar-refractivity contribution in [1.82, 2.24) is 14.8 Å². The van der Waals surface area contributed by atoms with E-state index >= 15 is 0 Å². The lowest BCUT2D eigenvalue weighted by Gasteiger charge is -1.99. The summed E-state index contributed by atoms with van der Waals surface area (Å²) in [7, 11) is 1.83. The van der Waals surface area contributed by atoms with Crippen LogP contribution in [0.1, 0.15) is 16.1 Å². The Morgan fingerprint density at radius 2 is 2.20 bits per heavy atom. The summed E-state index contributed by atoms with van der Waals surface area (Å²) in [6.45, 7) is 1.90. The van der Waals surface area contributed by atoms with E-state index in [0.29, 0.717) is 5.56 Å². The molecule has 78 valence electrons. The van der Waals surface area contributed by atoms with Gasteiger partial charge in [0.25, 0.3) is 0 Å². The Bertz CT molecular complexity index is 510. The zero-order valence-electron chi connectivity index (χ0n) is 8.48. The molecule has 0 radical (unpaired) electrons. The molecule has 0 saturated heterocycles. The molecule has 0 aliphatic rings. The van der Waals surface area contributed by atoms with Crippen molar-refractivity contribution in [3.05, 3.63) is 29.8 Å². The van der Waals surface area contributed by atoms with Crippen LogP contribution in [0.3, 0.4) is 0 Å². The van der Waals surface area contributed by atoms with Gasteiger partial charge in [-0.2, -0.15) is 5.10 Å². The average Bonchev–Trinajstić information content (AvgIpc) is 2.75. The number of aryl methyl sites for hydroxylation is 1. The monoisotopic (exact) mass is 205 g/mol. The van der Waals surface area contributed by atoms with E-state index in [1.165, 1.54) is 6.20 Å². The molecule has 2 aromatic rings. The van der Waals surface area contributed by atoms with Crippen LogP contribution in [0, 0.1) is 6.92 Å². The second-order valence-corrected chi connectivity index (χ2v) is 3.36. The third kappa shape index (κ3) is 1.41. The summed E-state index contributed by atoms with van der Waals surface area (Å²) in [6, 6.07) is 0. The number of carboxylic acids is 1. The van der Waals surface area contributed by atoms with E-state index in [1.807, 2.05) is 14.0 Å². The van der Waals surface area contributed by atoms with Crippen molar-refractivity contribution >= 4 is 5.97 Å². The lowest BCUT2D eigenvalue weighted by molar-refractivity contribution is 0.0698. The molecule has 0 fully saturated rings. The van der Waals surface area contributed by atoms with E-state index in [1.54, 1.807) is 17.1 Å². The first-order valence-corrected chi connectivity index (χ1v) is 4.50. The molecule has 5 nitrogen and oxygen atoms in total. The molecule has 2 N–H and O–H groups in total. The molecular weight excluding hydrogens is 194 g/mol. The molecule has 2 rings (SSSR count). The van der Waals surface area contributed by atoms with Crippen LogP contribution >= 0.6 is 0 Å². The van der Waals surface area contributed by atoms with Crippen LogP contribution in [0.4, 0.5) is 0 Å². The van der Waals surface area contributed by atoms with Crippen LogP contribution in [-0.2, 0) is 7.05 Å². The van der Waals surface area contributed by atoms with Crippen LogP contribution in [0.2, 0.25) is 0 Å². The molecule has 0 atom stereocenters. The number of aromatic carboxylic acids is 1. The minimum Gasteiger partial charge on any atom is -0.478 e. The summed E-state index contributed by atoms with van der Waals surface area (Å²) < 4.78 is 1.72. The highest BCUT2D eigenvalue weighted by Gasteiger charge is 2.15. The van der Waals surface area contributed by atoms with Crippen LogP contribution in [0.15, 0.2) is 18.6 Å². The number of rotatable bonds is 2. The molecule has 0 saturated carbocycles. The SMILES string of the molecule is Cc1c(-c2c[nH]cc2C(=O)O)cnn1C. The van der Waals surface area contributed by atoms with E-state index < -0.39 is 5.97 Å². The number of nitrogens with one attached hydrogen (secondary N) is 1. The van der Waals surface area contributed by atoms with Crippen molar-refractivity contribution in [1.29, 1.82) is 0 Å². The molecule has 0 bridgehead atoms. The van der Waals surface area contributed by atoms with Gasteiger partial charge in [0.15, 0.2) is 0 Å². The van der Waals surface area contributed by atoms with Crippen molar-refractivity contribution < 1.29 is 9.90 Å². The number of aromatic amines is 1. The highest BCUT2D eigenvalue weighted by Crippen LogP contribution is 2.25. The van der Waals surface area contributed by atoms with E-state index in [2.05, 4.69) is 10.1 Å². The first-order chi connectivity index (χ1) is 7.11. The van der Waals surface area contributed by atoms with Gasteiger partial charge in [-0.05, 0) is 6.92 Å². The summed E-state index contributed by atoms with van der Waals surface area (Å²) in [5.74, 6) is -0.936. The highest BCUT2D eigenvalue weighted by molar-refractivity contribution is 5.96. The van der Waals surface area contributed by atoms with Crippen LogP contribution in [0.5, 0.6) is 0 Å². The van der Waals surface area contributed by atoms with Gasteiger partial charge >= 0.3 is 5.97 Å². The van der Waals surface area contributed by atoms with Gasteiger partial charge in [0.05, 0.1) is 11.8 Å². The minimum atomic E-state index is -0.936. The molecule has 15 heavy (non-hydrogen) atoms. The van der Waals surface area contributed by atoms with Gasteiger partial charge in [-0.1, -0.05) is 0 Å². The van der Waals surface area contributed by atoms with Crippen LogP contribution in [-0.4, -0.2) is 25.8 Å². The van der Waals surface area contributed by atoms with E-state index in [0.717, 1.165) is 11.3 Å². The number of carboxylic acid groups (broad SMARTS) is 1. The molecular formula is C10H11N3O2. The molecule has 5 heteroatoms. The Balaban J connectivity index is 2.59. The van der Waals surface area contributed by atoms with Gasteiger partial charge in [-0.3, -0.25) is 4.68 Å². The molecule has 0 unspecified atom stereocenters. The number of aromatic nitrogens is 3. The third-order valence-electron chi connectivity index (χ3n) is 2.50. The number of nitrogens with zero attached hydrogens (tertiary/aromatic N) is 2. The van der Waals surface area contributed by atoms with E-state index in [9.17, 15) is 4.79 Å². The summed E-state index contributed by atoms with van der Waals surface area (Å²) in [6.07, 6.45) is 4.82. The van der Waals surface area contributed by atoms with Crippen molar-refractivity contribution in [3.63, 3.8) is 0 Å². The topological polar surface area (TPSA) is 70.9 Å². The van der Waals surface area contributed by atoms with Gasteiger partial charge in [-0.25, -0.2) is 4.79 Å². The van der Waals surface area contributed by atoms with Gasteiger partial charge in [0.2, 0.25) is 0 Å². The Hall–Kier alpha value is -2.04. The van der Waals surface area contributed by atoms with Crippen LogP contribution in [0.25, 0.3) is 11.1 Å². The van der Waals surface area contributed by atoms with Gasteiger partial charge < -0.3 is 10.1 Å². The fourth-order valence-corrected chi connectivity index (χ4v) is 1.53. The van der Waals surface area contributed by atoms with Gasteiger partial charge in [0, 0.05) is 36.3 Å². The Labute approximate surface area is 86.4 Å². The summed E-state index contributed by atoms with van der Waals surface area (Å²) >= 11 is 0. The van der Waals surface area contributed by atoms with Gasteiger partial charge in [-0.15, -0.1) is 0 Å². The predicted molar refractivity (Wildman–Crippen MR) is 54.7 cm³/mol. The van der Waals surface area contributed by atoms with E-state index in [-0.39, 0.29) is 5.56 Å². The largest absolute Gasteiger partial charge is 0.478 e. The normalized spacial score (nSPS) is 10.5. The highest BCUT2D eigenvalue weighted by atomic mass is 16.4. The number of hydrogen-bond acceptors (Lipinski definition) is 2. The summed E-state index contributed by atoms with van der Waals surface area (Å²) in [5, 5.41) is 13.0. The fraction of sp³-hybridized carbons (Fsp3) is 0.200. The Kier molecular flexibility index (Phi) is 2.07. The quantitative estimate of drug-likeness (QED) is 0.778. The average molecular weight is 205 g/mol. The molecule has 0 aliphatic carbocycles. The first kappa shape index (κ1) is 9.51.